The van der Waals surface area contributed by atoms with Gasteiger partial charge in [0.25, 0.3) is 0 Å². The summed E-state index contributed by atoms with van der Waals surface area (Å²) in [5.74, 6) is 0. The first kappa shape index (κ1) is 15.3. The van der Waals surface area contributed by atoms with Gasteiger partial charge in [0.15, 0.2) is 0 Å². The minimum absolute atomic E-state index is 0.404. The third kappa shape index (κ3) is 3.50. The molecule has 2 fully saturated rings. The Kier molecular flexibility index (Phi) is 5.27. The predicted molar refractivity (Wildman–Crippen MR) is 80.5 cm³/mol. The fraction of sp³-hybridized carbons (Fsp3) is 1.00. The molecule has 0 bridgehead atoms. The van der Waals surface area contributed by atoms with E-state index in [9.17, 15) is 0 Å². The van der Waals surface area contributed by atoms with E-state index in [0.29, 0.717) is 23.6 Å². The van der Waals surface area contributed by atoms with Crippen molar-refractivity contribution in [3.05, 3.63) is 0 Å². The second-order valence-electron chi connectivity index (χ2n) is 6.94. The topological polar surface area (TPSA) is 24.5 Å². The molecule has 1 heterocycles. The van der Waals surface area contributed by atoms with E-state index in [2.05, 4.69) is 38.0 Å². The summed E-state index contributed by atoms with van der Waals surface area (Å²) in [5.41, 5.74) is 0.404. The molecule has 1 aliphatic heterocycles. The van der Waals surface area contributed by atoms with Crippen molar-refractivity contribution in [2.45, 2.75) is 71.1 Å². The number of likely N-dealkylation sites (N-methyl/N-ethyl adjacent to an activating group) is 2. The molecule has 3 nitrogen and oxygen atoms in total. The second-order valence-corrected chi connectivity index (χ2v) is 6.94. The van der Waals surface area contributed by atoms with E-state index in [1.165, 1.54) is 32.1 Å². The van der Waals surface area contributed by atoms with Crippen molar-refractivity contribution in [3.63, 3.8) is 0 Å². The zero-order valence-electron chi connectivity index (χ0n) is 13.2. The van der Waals surface area contributed by atoms with Crippen LogP contribution in [0.5, 0.6) is 0 Å². The van der Waals surface area contributed by atoms with Crippen molar-refractivity contribution >= 4 is 0 Å². The number of ether oxygens (including phenoxy) is 1. The van der Waals surface area contributed by atoms with E-state index in [0.717, 1.165) is 19.7 Å². The molecule has 0 amide bonds. The van der Waals surface area contributed by atoms with Crippen LogP contribution in [-0.4, -0.2) is 49.8 Å². The predicted octanol–water partition coefficient (Wildman–Crippen LogP) is 2.65. The highest BCUT2D eigenvalue weighted by molar-refractivity contribution is 4.97. The smallest absolute Gasteiger partial charge is 0.0702 e. The Morgan fingerprint density at radius 2 is 2.05 bits per heavy atom. The highest BCUT2D eigenvalue weighted by atomic mass is 16.5. The van der Waals surface area contributed by atoms with Crippen molar-refractivity contribution in [1.82, 2.24) is 10.2 Å². The Bertz CT molecular complexity index is 274. The van der Waals surface area contributed by atoms with E-state index in [-0.39, 0.29) is 0 Å². The van der Waals surface area contributed by atoms with Gasteiger partial charge in [0, 0.05) is 25.2 Å². The van der Waals surface area contributed by atoms with Crippen LogP contribution >= 0.6 is 0 Å². The van der Waals surface area contributed by atoms with Gasteiger partial charge in [-0.25, -0.2) is 0 Å². The van der Waals surface area contributed by atoms with Crippen molar-refractivity contribution in [2.75, 3.05) is 26.7 Å². The Balaban J connectivity index is 2.02. The van der Waals surface area contributed by atoms with Gasteiger partial charge < -0.3 is 10.1 Å². The van der Waals surface area contributed by atoms with Gasteiger partial charge in [-0.05, 0) is 44.7 Å². The third-order valence-corrected chi connectivity index (χ3v) is 5.20. The number of hydrogen-bond acceptors (Lipinski definition) is 3. The Morgan fingerprint density at radius 3 is 2.63 bits per heavy atom. The lowest BCUT2D eigenvalue weighted by molar-refractivity contribution is 0.0146. The number of nitrogens with one attached hydrogen (secondary N) is 1. The standard InChI is InChI=1S/C16H32N2O/c1-5-18(12-13-8-7-11-19-13)14-9-6-10-16(2,3)15(14)17-4/h13-15,17H,5-12H2,1-4H3. The van der Waals surface area contributed by atoms with Crippen LogP contribution in [0, 0.1) is 5.41 Å². The summed E-state index contributed by atoms with van der Waals surface area (Å²) < 4.78 is 5.83. The maximum atomic E-state index is 5.83. The van der Waals surface area contributed by atoms with Crippen LogP contribution in [0.3, 0.4) is 0 Å². The summed E-state index contributed by atoms with van der Waals surface area (Å²) in [4.78, 5) is 2.66. The summed E-state index contributed by atoms with van der Waals surface area (Å²) in [6.07, 6.45) is 6.99. The lowest BCUT2D eigenvalue weighted by Crippen LogP contribution is -2.59. The van der Waals surface area contributed by atoms with Crippen molar-refractivity contribution in [1.29, 1.82) is 0 Å². The Labute approximate surface area is 119 Å². The number of rotatable bonds is 5. The molecule has 3 heteroatoms. The first-order chi connectivity index (χ1) is 9.08. The molecule has 0 radical (unpaired) electrons. The van der Waals surface area contributed by atoms with Gasteiger partial charge in [-0.3, -0.25) is 4.90 Å². The van der Waals surface area contributed by atoms with Crippen molar-refractivity contribution in [2.24, 2.45) is 5.41 Å². The molecule has 3 atom stereocenters. The first-order valence-corrected chi connectivity index (χ1v) is 8.11. The van der Waals surface area contributed by atoms with E-state index >= 15 is 0 Å². The van der Waals surface area contributed by atoms with Gasteiger partial charge in [0.05, 0.1) is 6.10 Å². The van der Waals surface area contributed by atoms with Gasteiger partial charge in [0.2, 0.25) is 0 Å². The molecule has 1 saturated heterocycles. The normalized spacial score (nSPS) is 34.9. The van der Waals surface area contributed by atoms with Gasteiger partial charge in [-0.2, -0.15) is 0 Å². The van der Waals surface area contributed by atoms with Crippen LogP contribution in [0.4, 0.5) is 0 Å². The molecule has 2 aliphatic rings. The molecular formula is C16H32N2O. The molecule has 0 aromatic carbocycles. The quantitative estimate of drug-likeness (QED) is 0.829. The molecular weight excluding hydrogens is 236 g/mol. The Hall–Kier alpha value is -0.120. The highest BCUT2D eigenvalue weighted by Gasteiger charge is 2.40. The maximum absolute atomic E-state index is 5.83. The van der Waals surface area contributed by atoms with Crippen molar-refractivity contribution in [3.8, 4) is 0 Å². The lowest BCUT2D eigenvalue weighted by atomic mass is 9.70. The van der Waals surface area contributed by atoms with E-state index in [1.807, 2.05) is 0 Å². The van der Waals surface area contributed by atoms with Gasteiger partial charge in [-0.1, -0.05) is 27.2 Å². The summed E-state index contributed by atoms with van der Waals surface area (Å²) in [6, 6.07) is 1.27. The minimum atomic E-state index is 0.404. The van der Waals surface area contributed by atoms with Crippen LogP contribution in [0.25, 0.3) is 0 Å². The Morgan fingerprint density at radius 1 is 1.26 bits per heavy atom. The van der Waals surface area contributed by atoms with Crippen LogP contribution in [0.1, 0.15) is 52.9 Å². The summed E-state index contributed by atoms with van der Waals surface area (Å²) in [5, 5.41) is 3.60. The molecule has 0 aromatic rings. The molecule has 0 spiro atoms. The number of hydrogen-bond donors (Lipinski definition) is 1. The molecule has 1 saturated carbocycles. The zero-order valence-corrected chi connectivity index (χ0v) is 13.2. The SMILES string of the molecule is CCN(CC1CCCO1)C1CCCC(C)(C)C1NC. The molecule has 1 N–H and O–H groups in total. The zero-order chi connectivity index (χ0) is 13.9. The van der Waals surface area contributed by atoms with Crippen LogP contribution in [0.2, 0.25) is 0 Å². The monoisotopic (exact) mass is 268 g/mol. The fourth-order valence-electron chi connectivity index (χ4n) is 4.14. The summed E-state index contributed by atoms with van der Waals surface area (Å²) in [7, 11) is 2.13. The largest absolute Gasteiger partial charge is 0.377 e. The summed E-state index contributed by atoms with van der Waals surface area (Å²) in [6.45, 7) is 10.4. The van der Waals surface area contributed by atoms with Gasteiger partial charge in [0.1, 0.15) is 0 Å². The number of nitrogens with zero attached hydrogens (tertiary/aromatic N) is 1. The van der Waals surface area contributed by atoms with E-state index in [4.69, 9.17) is 4.74 Å². The van der Waals surface area contributed by atoms with Crippen LogP contribution in [-0.2, 0) is 4.74 Å². The summed E-state index contributed by atoms with van der Waals surface area (Å²) >= 11 is 0. The average molecular weight is 268 g/mol. The first-order valence-electron chi connectivity index (χ1n) is 8.11. The fourth-order valence-corrected chi connectivity index (χ4v) is 4.14. The van der Waals surface area contributed by atoms with Crippen LogP contribution < -0.4 is 5.32 Å². The van der Waals surface area contributed by atoms with Crippen LogP contribution in [0.15, 0.2) is 0 Å². The van der Waals surface area contributed by atoms with Gasteiger partial charge >= 0.3 is 0 Å². The lowest BCUT2D eigenvalue weighted by Gasteiger charge is -2.48. The molecule has 1 aliphatic carbocycles. The third-order valence-electron chi connectivity index (χ3n) is 5.20. The average Bonchev–Trinajstić information content (AvgIpc) is 2.87. The molecule has 3 unspecified atom stereocenters. The van der Waals surface area contributed by atoms with E-state index in [1.54, 1.807) is 0 Å². The highest BCUT2D eigenvalue weighted by Crippen LogP contribution is 2.37. The minimum Gasteiger partial charge on any atom is -0.377 e. The van der Waals surface area contributed by atoms with Crippen molar-refractivity contribution < 1.29 is 4.74 Å². The maximum Gasteiger partial charge on any atom is 0.0702 e. The van der Waals surface area contributed by atoms with E-state index < -0.39 is 0 Å². The molecule has 2 rings (SSSR count). The molecule has 112 valence electrons. The molecule has 0 aromatic heterocycles. The molecule has 19 heavy (non-hydrogen) atoms. The van der Waals surface area contributed by atoms with Gasteiger partial charge in [-0.15, -0.1) is 0 Å². The second kappa shape index (κ2) is 6.55.